The molecule has 15 heavy (non-hydrogen) atoms. The van der Waals surface area contributed by atoms with Crippen molar-refractivity contribution >= 4 is 32.7 Å². The fraction of sp³-hybridized carbons (Fsp3) is 0.200. The minimum absolute atomic E-state index is 0.324. The molecule has 1 aliphatic rings. The minimum atomic E-state index is 0.324. The molecule has 0 amide bonds. The number of benzene rings is 1. The third kappa shape index (κ3) is 1.26. The predicted molar refractivity (Wildman–Crippen MR) is 61.8 cm³/mol. The molecule has 0 saturated heterocycles. The Morgan fingerprint density at radius 1 is 1.47 bits per heavy atom. The molecule has 0 bridgehead atoms. The second-order valence-corrected chi connectivity index (χ2v) is 4.44. The monoisotopic (exact) mass is 264 g/mol. The van der Waals surface area contributed by atoms with Crippen molar-refractivity contribution in [2.75, 3.05) is 11.9 Å². The fourth-order valence-corrected chi connectivity index (χ4v) is 2.28. The van der Waals surface area contributed by atoms with Gasteiger partial charge in [-0.15, -0.1) is 0 Å². The Labute approximate surface area is 94.6 Å². The minimum Gasteiger partial charge on any atom is -0.369 e. The molecule has 5 heteroatoms. The van der Waals surface area contributed by atoms with Gasteiger partial charge in [0.05, 0.1) is 5.52 Å². The zero-order chi connectivity index (χ0) is 10.4. The summed E-state index contributed by atoms with van der Waals surface area (Å²) in [5.74, 6) is 1.01. The number of fused-ring (bicyclic) bond motifs is 3. The van der Waals surface area contributed by atoms with Crippen molar-refractivity contribution in [1.29, 1.82) is 5.41 Å². The van der Waals surface area contributed by atoms with Gasteiger partial charge in [0.15, 0.2) is 0 Å². The molecule has 0 saturated carbocycles. The number of nitrogens with zero attached hydrogens (tertiary/aromatic N) is 2. The normalized spacial score (nSPS) is 13.9. The Kier molecular flexibility index (Phi) is 1.82. The van der Waals surface area contributed by atoms with E-state index in [-0.39, 0.29) is 0 Å². The summed E-state index contributed by atoms with van der Waals surface area (Å²) in [4.78, 5) is 4.26. The Morgan fingerprint density at radius 2 is 2.33 bits per heavy atom. The summed E-state index contributed by atoms with van der Waals surface area (Å²) in [5, 5.41) is 12.1. The standard InChI is InChI=1S/C10H9BrN4/c11-6-1-2-8-7(5-6)9-13-3-4-15(9)10(12)14-8/h1-2,5,12-13H,3-4H2. The molecule has 0 fully saturated rings. The maximum absolute atomic E-state index is 7.79. The highest BCUT2D eigenvalue weighted by Crippen LogP contribution is 2.25. The van der Waals surface area contributed by atoms with E-state index in [0.29, 0.717) is 5.62 Å². The number of rotatable bonds is 0. The van der Waals surface area contributed by atoms with Gasteiger partial charge in [0.25, 0.3) is 0 Å². The van der Waals surface area contributed by atoms with Crippen molar-refractivity contribution in [1.82, 2.24) is 9.55 Å². The van der Waals surface area contributed by atoms with Gasteiger partial charge in [-0.2, -0.15) is 0 Å². The highest BCUT2D eigenvalue weighted by atomic mass is 79.9. The van der Waals surface area contributed by atoms with E-state index in [1.54, 1.807) is 0 Å². The first-order chi connectivity index (χ1) is 7.25. The van der Waals surface area contributed by atoms with E-state index in [1.807, 2.05) is 22.8 Å². The molecule has 3 rings (SSSR count). The summed E-state index contributed by atoms with van der Waals surface area (Å²) in [5.41, 5.74) is 1.19. The van der Waals surface area contributed by atoms with Crippen LogP contribution in [0, 0.1) is 5.41 Å². The Balaban J connectivity index is 2.49. The van der Waals surface area contributed by atoms with Crippen molar-refractivity contribution in [3.05, 3.63) is 28.3 Å². The van der Waals surface area contributed by atoms with E-state index < -0.39 is 0 Å². The molecular formula is C10H9BrN4. The maximum atomic E-state index is 7.79. The van der Waals surface area contributed by atoms with E-state index in [9.17, 15) is 0 Å². The molecule has 76 valence electrons. The van der Waals surface area contributed by atoms with E-state index in [4.69, 9.17) is 5.41 Å². The van der Waals surface area contributed by atoms with Crippen molar-refractivity contribution in [2.24, 2.45) is 0 Å². The number of halogens is 1. The molecule has 2 heterocycles. The molecular weight excluding hydrogens is 256 g/mol. The molecule has 0 aliphatic carbocycles. The Morgan fingerprint density at radius 3 is 3.20 bits per heavy atom. The lowest BCUT2D eigenvalue weighted by molar-refractivity contribution is 0.717. The second kappa shape index (κ2) is 3.06. The molecule has 2 aromatic rings. The van der Waals surface area contributed by atoms with Gasteiger partial charge in [-0.1, -0.05) is 15.9 Å². The molecule has 0 unspecified atom stereocenters. The van der Waals surface area contributed by atoms with Crippen molar-refractivity contribution in [3.63, 3.8) is 0 Å². The summed E-state index contributed by atoms with van der Waals surface area (Å²) in [7, 11) is 0. The highest BCUT2D eigenvalue weighted by molar-refractivity contribution is 9.10. The second-order valence-electron chi connectivity index (χ2n) is 3.52. The van der Waals surface area contributed by atoms with Crippen LogP contribution >= 0.6 is 15.9 Å². The molecule has 1 aromatic carbocycles. The van der Waals surface area contributed by atoms with Crippen LogP contribution in [0.5, 0.6) is 0 Å². The average Bonchev–Trinajstić information content (AvgIpc) is 2.69. The third-order valence-electron chi connectivity index (χ3n) is 2.59. The van der Waals surface area contributed by atoms with Crippen LogP contribution in [0.25, 0.3) is 10.9 Å². The Bertz CT molecular complexity index is 602. The molecule has 0 spiro atoms. The largest absolute Gasteiger partial charge is 0.369 e. The van der Waals surface area contributed by atoms with E-state index in [0.717, 1.165) is 34.3 Å². The van der Waals surface area contributed by atoms with Crippen molar-refractivity contribution < 1.29 is 0 Å². The SMILES string of the molecule is N=c1nc2ccc(Br)cc2c2n1CCN2. The lowest BCUT2D eigenvalue weighted by atomic mass is 10.2. The van der Waals surface area contributed by atoms with Crippen LogP contribution in [-0.2, 0) is 6.54 Å². The number of hydrogen-bond donors (Lipinski definition) is 2. The lowest BCUT2D eigenvalue weighted by Gasteiger charge is -2.07. The summed E-state index contributed by atoms with van der Waals surface area (Å²) in [6.07, 6.45) is 0. The lowest BCUT2D eigenvalue weighted by Crippen LogP contribution is -2.21. The van der Waals surface area contributed by atoms with Crippen molar-refractivity contribution in [3.8, 4) is 0 Å². The highest BCUT2D eigenvalue weighted by Gasteiger charge is 2.14. The first-order valence-corrected chi connectivity index (χ1v) is 5.53. The van der Waals surface area contributed by atoms with Gasteiger partial charge < -0.3 is 5.32 Å². The topological polar surface area (TPSA) is 53.7 Å². The predicted octanol–water partition coefficient (Wildman–Crippen LogP) is 1.70. The van der Waals surface area contributed by atoms with Crippen LogP contribution in [0.3, 0.4) is 0 Å². The first-order valence-electron chi connectivity index (χ1n) is 4.74. The number of anilines is 1. The summed E-state index contributed by atoms with van der Waals surface area (Å²) >= 11 is 3.45. The smallest absolute Gasteiger partial charge is 0.224 e. The average molecular weight is 265 g/mol. The van der Waals surface area contributed by atoms with Gasteiger partial charge in [-0.3, -0.25) is 9.98 Å². The van der Waals surface area contributed by atoms with Crippen LogP contribution in [0.1, 0.15) is 0 Å². The zero-order valence-electron chi connectivity index (χ0n) is 7.92. The van der Waals surface area contributed by atoms with Gasteiger partial charge >= 0.3 is 0 Å². The molecule has 2 N–H and O–H groups in total. The molecule has 0 radical (unpaired) electrons. The van der Waals surface area contributed by atoms with Gasteiger partial charge in [0, 0.05) is 22.9 Å². The van der Waals surface area contributed by atoms with Crippen molar-refractivity contribution in [2.45, 2.75) is 6.54 Å². The number of hydrogen-bond acceptors (Lipinski definition) is 3. The number of nitrogens with one attached hydrogen (secondary N) is 2. The van der Waals surface area contributed by atoms with E-state index in [1.165, 1.54) is 0 Å². The van der Waals surface area contributed by atoms with Crippen LogP contribution in [0.4, 0.5) is 5.82 Å². The van der Waals surface area contributed by atoms with Gasteiger partial charge in [0.1, 0.15) is 5.82 Å². The Hall–Kier alpha value is -1.36. The van der Waals surface area contributed by atoms with Crippen LogP contribution < -0.4 is 10.9 Å². The van der Waals surface area contributed by atoms with Gasteiger partial charge in [0.2, 0.25) is 5.62 Å². The number of aromatic nitrogens is 2. The molecule has 1 aromatic heterocycles. The third-order valence-corrected chi connectivity index (χ3v) is 3.09. The summed E-state index contributed by atoms with van der Waals surface area (Å²) < 4.78 is 2.93. The van der Waals surface area contributed by atoms with Crippen LogP contribution in [0.2, 0.25) is 0 Å². The molecule has 1 aliphatic heterocycles. The fourth-order valence-electron chi connectivity index (χ4n) is 1.92. The van der Waals surface area contributed by atoms with Crippen LogP contribution in [0.15, 0.2) is 22.7 Å². The summed E-state index contributed by atoms with van der Waals surface area (Å²) in [6, 6.07) is 5.91. The summed E-state index contributed by atoms with van der Waals surface area (Å²) in [6.45, 7) is 1.70. The molecule has 4 nitrogen and oxygen atoms in total. The van der Waals surface area contributed by atoms with Gasteiger partial charge in [-0.05, 0) is 18.2 Å². The van der Waals surface area contributed by atoms with Crippen LogP contribution in [-0.4, -0.2) is 16.1 Å². The van der Waals surface area contributed by atoms with E-state index >= 15 is 0 Å². The van der Waals surface area contributed by atoms with Gasteiger partial charge in [-0.25, -0.2) is 4.98 Å². The maximum Gasteiger partial charge on any atom is 0.224 e. The zero-order valence-corrected chi connectivity index (χ0v) is 9.50. The first kappa shape index (κ1) is 8.91. The van der Waals surface area contributed by atoms with E-state index in [2.05, 4.69) is 26.2 Å². The quantitative estimate of drug-likeness (QED) is 0.761. The molecule has 0 atom stereocenters.